The first-order chi connectivity index (χ1) is 17.2. The van der Waals surface area contributed by atoms with Gasteiger partial charge in [0.2, 0.25) is 10.0 Å². The monoisotopic (exact) mass is 496 g/mol. The first-order valence-corrected chi connectivity index (χ1v) is 13.8. The third kappa shape index (κ3) is 4.81. The topological polar surface area (TPSA) is 53.2 Å². The molecule has 0 aliphatic carbocycles. The molecule has 1 N–H and O–H groups in total. The van der Waals surface area contributed by atoms with Gasteiger partial charge in [0.15, 0.2) is 0 Å². The van der Waals surface area contributed by atoms with Crippen molar-refractivity contribution >= 4 is 31.7 Å². The highest BCUT2D eigenvalue weighted by Crippen LogP contribution is 2.29. The van der Waals surface area contributed by atoms with Crippen LogP contribution in [-0.4, -0.2) is 24.3 Å². The largest absolute Gasteiger partial charge is 0.361 e. The molecule has 4 nitrogen and oxygen atoms in total. The normalized spacial score (nSPS) is 12.6. The first kappa shape index (κ1) is 24.3. The van der Waals surface area contributed by atoms with E-state index in [9.17, 15) is 8.42 Å². The van der Waals surface area contributed by atoms with Crippen LogP contribution >= 0.6 is 0 Å². The third-order valence-corrected chi connectivity index (χ3v) is 8.76. The van der Waals surface area contributed by atoms with Crippen molar-refractivity contribution in [2.24, 2.45) is 0 Å². The van der Waals surface area contributed by atoms with Gasteiger partial charge in [-0.25, -0.2) is 8.42 Å². The number of nitrogens with one attached hydrogen (secondary N) is 1. The van der Waals surface area contributed by atoms with Crippen LogP contribution in [0.1, 0.15) is 37.5 Å². The van der Waals surface area contributed by atoms with Crippen LogP contribution in [0.15, 0.2) is 102 Å². The first-order valence-electron chi connectivity index (χ1n) is 12.4. The highest BCUT2D eigenvalue weighted by atomic mass is 32.2. The number of hydrogen-bond acceptors (Lipinski definition) is 2. The second-order valence-corrected chi connectivity index (χ2v) is 12.3. The average molecular weight is 497 g/mol. The van der Waals surface area contributed by atoms with E-state index < -0.39 is 10.0 Å². The van der Waals surface area contributed by atoms with Crippen LogP contribution < -0.4 is 0 Å². The molecule has 5 heteroatoms. The minimum atomic E-state index is -3.75. The van der Waals surface area contributed by atoms with E-state index in [0.29, 0.717) is 24.4 Å². The lowest BCUT2D eigenvalue weighted by atomic mass is 9.87. The minimum absolute atomic E-state index is 0.0442. The molecule has 5 rings (SSSR count). The number of fused-ring (bicyclic) bond motifs is 2. The van der Waals surface area contributed by atoms with Crippen molar-refractivity contribution in [1.82, 2.24) is 9.29 Å². The lowest BCUT2D eigenvalue weighted by Crippen LogP contribution is -2.32. The Hall–Kier alpha value is -3.41. The Kier molecular flexibility index (Phi) is 6.45. The number of aromatic nitrogens is 1. The number of aromatic amines is 1. The fourth-order valence-corrected chi connectivity index (χ4v) is 6.38. The van der Waals surface area contributed by atoms with Crippen LogP contribution in [0.4, 0.5) is 0 Å². The number of nitrogens with zero attached hydrogens (tertiary/aromatic N) is 1. The number of H-pyrrole nitrogens is 1. The van der Waals surface area contributed by atoms with Crippen molar-refractivity contribution in [3.8, 4) is 0 Å². The fourth-order valence-electron chi connectivity index (χ4n) is 4.74. The van der Waals surface area contributed by atoms with Gasteiger partial charge in [-0.05, 0) is 46.0 Å². The van der Waals surface area contributed by atoms with Crippen molar-refractivity contribution in [3.63, 3.8) is 0 Å². The Bertz CT molecular complexity index is 1610. The van der Waals surface area contributed by atoms with Gasteiger partial charge in [-0.15, -0.1) is 0 Å². The second-order valence-electron chi connectivity index (χ2n) is 10.4. The van der Waals surface area contributed by atoms with Gasteiger partial charge < -0.3 is 4.98 Å². The summed E-state index contributed by atoms with van der Waals surface area (Å²) in [4.78, 5) is 3.66. The summed E-state index contributed by atoms with van der Waals surface area (Å²) in [7, 11) is -3.75. The number of para-hydroxylation sites is 1. The van der Waals surface area contributed by atoms with Crippen molar-refractivity contribution in [2.75, 3.05) is 6.54 Å². The second kappa shape index (κ2) is 9.57. The summed E-state index contributed by atoms with van der Waals surface area (Å²) in [5.74, 6) is 0. The van der Waals surface area contributed by atoms with Crippen LogP contribution in [0.3, 0.4) is 0 Å². The summed E-state index contributed by atoms with van der Waals surface area (Å²) in [6, 6.07) is 29.6. The Morgan fingerprint density at radius 1 is 0.778 bits per heavy atom. The van der Waals surface area contributed by atoms with Crippen LogP contribution in [0, 0.1) is 0 Å². The highest BCUT2D eigenvalue weighted by molar-refractivity contribution is 7.89. The van der Waals surface area contributed by atoms with Crippen LogP contribution in [0.5, 0.6) is 0 Å². The average Bonchev–Trinajstić information content (AvgIpc) is 3.29. The quantitative estimate of drug-likeness (QED) is 0.262. The zero-order valence-corrected chi connectivity index (χ0v) is 21.8. The maximum Gasteiger partial charge on any atom is 0.244 e. The van der Waals surface area contributed by atoms with E-state index in [1.54, 1.807) is 10.4 Å². The SMILES string of the molecule is CC(C)(C)c1ccc(CN(CCc2c[nH]c3ccccc23)S(=O)(=O)c2cccc3ccccc23)cc1. The summed E-state index contributed by atoms with van der Waals surface area (Å²) >= 11 is 0. The lowest BCUT2D eigenvalue weighted by molar-refractivity contribution is 0.410. The van der Waals surface area contributed by atoms with E-state index in [2.05, 4.69) is 56.1 Å². The predicted molar refractivity (Wildman–Crippen MR) is 149 cm³/mol. The molecule has 184 valence electrons. The van der Waals surface area contributed by atoms with E-state index in [1.807, 2.05) is 60.8 Å². The maximum absolute atomic E-state index is 14.1. The fraction of sp³-hybridized carbons (Fsp3) is 0.226. The smallest absolute Gasteiger partial charge is 0.244 e. The van der Waals surface area contributed by atoms with E-state index in [4.69, 9.17) is 0 Å². The molecule has 1 heterocycles. The van der Waals surface area contributed by atoms with Gasteiger partial charge in [-0.1, -0.05) is 99.6 Å². The molecule has 0 saturated carbocycles. The molecule has 36 heavy (non-hydrogen) atoms. The minimum Gasteiger partial charge on any atom is -0.361 e. The van der Waals surface area contributed by atoms with Gasteiger partial charge in [0.05, 0.1) is 4.90 Å². The molecule has 4 aromatic carbocycles. The summed E-state index contributed by atoms with van der Waals surface area (Å²) in [6.07, 6.45) is 2.61. The van der Waals surface area contributed by atoms with E-state index in [-0.39, 0.29) is 5.41 Å². The van der Waals surface area contributed by atoms with Crippen molar-refractivity contribution in [1.29, 1.82) is 0 Å². The predicted octanol–water partition coefficient (Wildman–Crippen LogP) is 7.05. The van der Waals surface area contributed by atoms with Crippen LogP contribution in [0.25, 0.3) is 21.7 Å². The zero-order valence-electron chi connectivity index (χ0n) is 21.0. The molecule has 0 unspecified atom stereocenters. The van der Waals surface area contributed by atoms with Gasteiger partial charge in [-0.3, -0.25) is 0 Å². The molecule has 0 spiro atoms. The molecule has 1 aromatic heterocycles. The lowest BCUT2D eigenvalue weighted by Gasteiger charge is -2.24. The van der Waals surface area contributed by atoms with Gasteiger partial charge >= 0.3 is 0 Å². The number of hydrogen-bond donors (Lipinski definition) is 1. The van der Waals surface area contributed by atoms with Crippen molar-refractivity contribution < 1.29 is 8.42 Å². The van der Waals surface area contributed by atoms with E-state index in [0.717, 1.165) is 32.8 Å². The number of benzene rings is 4. The Labute approximate surface area is 213 Å². The van der Waals surface area contributed by atoms with Crippen LogP contribution in [-0.2, 0) is 28.4 Å². The molecule has 0 fully saturated rings. The molecule has 0 atom stereocenters. The number of rotatable bonds is 7. The van der Waals surface area contributed by atoms with Gasteiger partial charge in [0.1, 0.15) is 0 Å². The number of sulfonamides is 1. The molecule has 0 aliphatic rings. The molecular formula is C31H32N2O2S. The van der Waals surface area contributed by atoms with Gasteiger partial charge in [0, 0.05) is 35.6 Å². The Balaban J connectivity index is 1.51. The Morgan fingerprint density at radius 2 is 1.44 bits per heavy atom. The van der Waals surface area contributed by atoms with E-state index >= 15 is 0 Å². The molecule has 0 radical (unpaired) electrons. The molecule has 0 bridgehead atoms. The Morgan fingerprint density at radius 3 is 2.19 bits per heavy atom. The molecule has 0 amide bonds. The third-order valence-electron chi connectivity index (χ3n) is 6.85. The van der Waals surface area contributed by atoms with Gasteiger partial charge in [0.25, 0.3) is 0 Å². The summed E-state index contributed by atoms with van der Waals surface area (Å²) in [5.41, 5.74) is 4.43. The zero-order chi connectivity index (χ0) is 25.3. The summed E-state index contributed by atoms with van der Waals surface area (Å²) in [5, 5.41) is 2.80. The summed E-state index contributed by atoms with van der Waals surface area (Å²) in [6.45, 7) is 7.24. The van der Waals surface area contributed by atoms with Crippen molar-refractivity contribution in [2.45, 2.75) is 44.0 Å². The molecule has 0 aliphatic heterocycles. The van der Waals surface area contributed by atoms with Crippen LogP contribution in [0.2, 0.25) is 0 Å². The molecule has 0 saturated heterocycles. The summed E-state index contributed by atoms with van der Waals surface area (Å²) < 4.78 is 29.9. The molecular weight excluding hydrogens is 464 g/mol. The highest BCUT2D eigenvalue weighted by Gasteiger charge is 2.27. The maximum atomic E-state index is 14.1. The van der Waals surface area contributed by atoms with Gasteiger partial charge in [-0.2, -0.15) is 4.31 Å². The van der Waals surface area contributed by atoms with E-state index in [1.165, 1.54) is 5.56 Å². The standard InChI is InChI=1S/C31H32N2O2S/c1-31(2,3)26-17-15-23(16-18-26)22-33(20-19-25-21-32-29-13-7-6-11-27(25)29)36(34,35)30-14-8-10-24-9-4-5-12-28(24)30/h4-18,21,32H,19-20,22H2,1-3H3. The molecule has 5 aromatic rings. The van der Waals surface area contributed by atoms with Crippen molar-refractivity contribution in [3.05, 3.63) is 114 Å².